The van der Waals surface area contributed by atoms with Gasteiger partial charge in [0, 0.05) is 69.1 Å². The first-order chi connectivity index (χ1) is 57.8. The zero-order valence-electron chi connectivity index (χ0n) is 66.5. The van der Waals surface area contributed by atoms with Crippen LogP contribution in [0.5, 0.6) is 0 Å². The van der Waals surface area contributed by atoms with Gasteiger partial charge in [-0.1, -0.05) is 72.8 Å². The molecule has 0 saturated carbocycles. The predicted octanol–water partition coefficient (Wildman–Crippen LogP) is 28.3. The van der Waals surface area contributed by atoms with Crippen LogP contribution in [0.3, 0.4) is 0 Å². The normalized spacial score (nSPS) is 12.3. The van der Waals surface area contributed by atoms with Gasteiger partial charge in [0.05, 0.1) is 45.6 Å². The van der Waals surface area contributed by atoms with Gasteiger partial charge in [-0.3, -0.25) is 39.9 Å². The van der Waals surface area contributed by atoms with E-state index in [-0.39, 0.29) is 71.4 Å². The van der Waals surface area contributed by atoms with Gasteiger partial charge in [0.15, 0.2) is 0 Å². The number of hydrogen-bond acceptors (Lipinski definition) is 8. The minimum Gasteiger partial charge on any atom is 0 e. The van der Waals surface area contributed by atoms with Crippen LogP contribution in [0, 0.1) is 89.7 Å². The Morgan fingerprint density at radius 3 is 0.465 bits per heavy atom. The van der Waals surface area contributed by atoms with Gasteiger partial charge < -0.3 is 0 Å². The Kier molecular flexibility index (Phi) is 39.7. The van der Waals surface area contributed by atoms with Gasteiger partial charge in [-0.2, -0.15) is 0 Å². The molecular weight excluding hydrogens is 1940 g/mol. The molecule has 0 aliphatic rings. The SMILES string of the molecule is Cc1ccnc(-c2cc(C)ccn2)c1.Cc1ccnc(-c2cc(C)ccn2)c1.Cc1ccnc(-c2cc(CCc3ccnc(-c4cc(C)ccn4)c3)ccn2)c1.F[P-](F)(F)(F)(F)F.F[P-](F)(F)(F)(F)F.F[P-](F)(F)(F)(F)F.Fc1ccc(P(c2ccc(F)cc2)c2ccc(F)cc2)cc1.Fc1ccc(P(c2ccc(F)cc2)c2ccc(F)cc2)cc1.[C-]#[O+].[C-]#[O+].[Fe+3].[Ru]. The van der Waals surface area contributed by atoms with Crippen LogP contribution >= 0.6 is 39.3 Å². The van der Waals surface area contributed by atoms with Crippen molar-refractivity contribution in [1.29, 1.82) is 0 Å². The summed E-state index contributed by atoms with van der Waals surface area (Å²) >= 11 is 0. The van der Waals surface area contributed by atoms with Crippen LogP contribution in [-0.4, -0.2) is 39.9 Å². The molecule has 0 spiro atoms. The van der Waals surface area contributed by atoms with Gasteiger partial charge in [0.25, 0.3) is 0 Å². The molecule has 14 aromatic rings. The maximum absolute atomic E-state index is 13.2. The summed E-state index contributed by atoms with van der Waals surface area (Å²) in [5.74, 6) is -1.85. The molecule has 0 saturated heterocycles. The molecule has 0 bridgehead atoms. The Labute approximate surface area is 739 Å². The van der Waals surface area contributed by atoms with Crippen LogP contribution in [0.25, 0.3) is 45.6 Å². The van der Waals surface area contributed by atoms with Crippen LogP contribution in [0.2, 0.25) is 0 Å². The number of hydrogen-bond donors (Lipinski definition) is 0. The molecule has 0 amide bonds. The van der Waals surface area contributed by atoms with Crippen LogP contribution in [0.4, 0.5) is 102 Å². The molecule has 6 aromatic carbocycles. The second kappa shape index (κ2) is 45.5. The minimum absolute atomic E-state index is 0. The monoisotopic (exact) mass is 2020 g/mol. The summed E-state index contributed by atoms with van der Waals surface area (Å²) in [6.07, 6.45) is 16.5. The average Bonchev–Trinajstić information content (AvgIpc) is 0.799. The molecule has 0 N–H and O–H groups in total. The van der Waals surface area contributed by atoms with Crippen molar-refractivity contribution in [3.8, 4) is 45.6 Å². The zero-order chi connectivity index (χ0) is 93.6. The molecule has 0 fully saturated rings. The van der Waals surface area contributed by atoms with Gasteiger partial charge in [-0.05, 0) is 316 Å². The summed E-state index contributed by atoms with van der Waals surface area (Å²) in [6.45, 7) is 21.4. The van der Waals surface area contributed by atoms with E-state index in [1.807, 2.05) is 110 Å². The predicted molar refractivity (Wildman–Crippen MR) is 444 cm³/mol. The molecular formula is C86H70F24FeN8O2P5Ru. The molecule has 127 heavy (non-hydrogen) atoms. The van der Waals surface area contributed by atoms with Gasteiger partial charge >= 0.3 is 139 Å². The van der Waals surface area contributed by atoms with Crippen molar-refractivity contribution in [2.75, 3.05) is 0 Å². The van der Waals surface area contributed by atoms with Crippen LogP contribution in [0.15, 0.2) is 292 Å². The van der Waals surface area contributed by atoms with Crippen molar-refractivity contribution in [2.45, 2.75) is 54.4 Å². The summed E-state index contributed by atoms with van der Waals surface area (Å²) in [7, 11) is -33.9. The first kappa shape index (κ1) is 111. The second-order valence-corrected chi connectivity index (χ2v) is 36.5. The van der Waals surface area contributed by atoms with Gasteiger partial charge in [-0.25, -0.2) is 26.3 Å². The molecule has 0 atom stereocenters. The molecule has 0 unspecified atom stereocenters. The Hall–Kier alpha value is -10.4. The molecule has 1 radical (unpaired) electrons. The van der Waals surface area contributed by atoms with Crippen LogP contribution < -0.4 is 31.8 Å². The van der Waals surface area contributed by atoms with Crippen molar-refractivity contribution in [2.24, 2.45) is 0 Å². The molecule has 0 aliphatic carbocycles. The van der Waals surface area contributed by atoms with E-state index in [0.717, 1.165) is 90.2 Å². The van der Waals surface area contributed by atoms with Crippen molar-refractivity contribution >= 4 is 71.1 Å². The Morgan fingerprint density at radius 1 is 0.220 bits per heavy atom. The molecule has 8 aromatic heterocycles. The number of aromatic nitrogens is 8. The van der Waals surface area contributed by atoms with E-state index in [1.165, 1.54) is 117 Å². The van der Waals surface area contributed by atoms with Crippen molar-refractivity contribution in [3.05, 3.63) is 385 Å². The largest absolute Gasteiger partial charge is 3.00 e. The molecule has 8 heterocycles. The third-order valence-electron chi connectivity index (χ3n) is 15.4. The summed E-state index contributed by atoms with van der Waals surface area (Å²) < 4.78 is 272. The summed E-state index contributed by atoms with van der Waals surface area (Å²) in [4.78, 5) is 35.0. The van der Waals surface area contributed by atoms with E-state index in [9.17, 15) is 102 Å². The molecule has 10 nitrogen and oxygen atoms in total. The maximum Gasteiger partial charge on any atom is 3.00 e. The van der Waals surface area contributed by atoms with Crippen molar-refractivity contribution < 1.29 is 148 Å². The fourth-order valence-corrected chi connectivity index (χ4v) is 14.8. The first-order valence-electron chi connectivity index (χ1n) is 35.5. The number of rotatable bonds is 13. The number of halogens is 24. The molecule has 675 valence electrons. The fourth-order valence-electron chi connectivity index (χ4n) is 10.3. The van der Waals surface area contributed by atoms with E-state index in [4.69, 9.17) is 9.30 Å². The molecule has 14 rings (SSSR count). The summed E-state index contributed by atoms with van der Waals surface area (Å²) in [5.41, 5.74) is 17.1. The third kappa shape index (κ3) is 48.9. The van der Waals surface area contributed by atoms with Crippen LogP contribution in [-0.2, 0) is 58.7 Å². The van der Waals surface area contributed by atoms with Gasteiger partial charge in [-0.15, -0.1) is 0 Å². The van der Waals surface area contributed by atoms with E-state index >= 15 is 0 Å². The Bertz CT molecular complexity index is 5160. The van der Waals surface area contributed by atoms with E-state index in [2.05, 4.69) is 131 Å². The molecule has 41 heteroatoms. The minimum atomic E-state index is -10.7. The van der Waals surface area contributed by atoms with E-state index in [1.54, 1.807) is 72.8 Å². The Morgan fingerprint density at radius 2 is 0.339 bits per heavy atom. The van der Waals surface area contributed by atoms with Crippen molar-refractivity contribution in [1.82, 2.24) is 39.9 Å². The fraction of sp³-hybridized carbons (Fsp3) is 0.0930. The van der Waals surface area contributed by atoms with Gasteiger partial charge in [0.1, 0.15) is 34.9 Å². The first-order valence-corrected chi connectivity index (χ1v) is 44.3. The van der Waals surface area contributed by atoms with Crippen LogP contribution in [0.1, 0.15) is 44.5 Å². The second-order valence-electron chi connectivity index (χ2n) is 26.3. The molecule has 0 aliphatic heterocycles. The number of pyridine rings is 8. The Balaban J connectivity index is 0.000000388. The smallest absolute Gasteiger partial charge is 0 e. The quantitative estimate of drug-likeness (QED) is 0.0365. The summed E-state index contributed by atoms with van der Waals surface area (Å²) in [6, 6.07) is 70.0. The average molecular weight is 2020 g/mol. The number of aryl methyl sites for hydroxylation is 8. The number of nitrogens with zero attached hydrogens (tertiary/aromatic N) is 8. The van der Waals surface area contributed by atoms with E-state index in [0.29, 0.717) is 0 Å². The topological polar surface area (TPSA) is 143 Å². The van der Waals surface area contributed by atoms with Gasteiger partial charge in [0.2, 0.25) is 0 Å². The van der Waals surface area contributed by atoms with E-state index < -0.39 is 39.3 Å². The maximum atomic E-state index is 13.2. The third-order valence-corrected chi connectivity index (χ3v) is 20.3. The standard InChI is InChI=1S/C24H22N4.2C18H12F3P.2C12H12N2.2CO.3F6P.Fe.Ru/c1-17-5-9-25-21(13-17)23-15-19(7-11-27-23)3-4-20-8-12-28-24(16-20)22-14-18(2)6-10-26-22;2*19-13-1-7-16(8-2-13)22(17-9-3-14(20)4-10-17)18-11-5-15(21)6-12-18;2*1-9-3-5-13-11(7-9)12-8-10(2)4-6-14-12;2*1-2;3*1-7(2,3,4,5)6;;/h5-16H,3-4H2,1-2H3;2*1-12H;2*3-8H,1-2H3;;;;;;;/q;;;;;;;3*-1;+3;. The number of benzene rings is 6. The van der Waals surface area contributed by atoms with Crippen molar-refractivity contribution in [3.63, 3.8) is 0 Å². The summed E-state index contributed by atoms with van der Waals surface area (Å²) in [5, 5.41) is 5.55. The zero-order valence-corrected chi connectivity index (χ0v) is 73.8.